The van der Waals surface area contributed by atoms with Crippen LogP contribution in [0.3, 0.4) is 0 Å². The van der Waals surface area contributed by atoms with E-state index in [9.17, 15) is 4.79 Å². The van der Waals surface area contributed by atoms with Crippen LogP contribution in [0.5, 0.6) is 0 Å². The number of ether oxygens (including phenoxy) is 1. The minimum atomic E-state index is -0.0437. The maximum Gasteiger partial charge on any atom is 0.320 e. The normalized spacial score (nSPS) is 28.9. The third-order valence-electron chi connectivity index (χ3n) is 4.57. The number of carbonyl (C=O) groups is 1. The molecule has 0 amide bonds. The van der Waals surface area contributed by atoms with Crippen LogP contribution in [0.25, 0.3) is 0 Å². The van der Waals surface area contributed by atoms with E-state index in [1.165, 1.54) is 25.7 Å². The molecule has 0 aromatic carbocycles. The Balaban J connectivity index is 1.81. The highest BCUT2D eigenvalue weighted by atomic mass is 16.5. The predicted octanol–water partition coefficient (Wildman–Crippen LogP) is 2.32. The van der Waals surface area contributed by atoms with Gasteiger partial charge in [0, 0.05) is 18.1 Å². The van der Waals surface area contributed by atoms with Crippen molar-refractivity contribution in [1.82, 2.24) is 10.2 Å². The summed E-state index contributed by atoms with van der Waals surface area (Å²) in [6, 6.07) is 1.91. The van der Waals surface area contributed by atoms with Crippen molar-refractivity contribution in [2.24, 2.45) is 0 Å². The first-order valence-corrected chi connectivity index (χ1v) is 8.38. The Morgan fingerprint density at radius 1 is 1.20 bits per heavy atom. The number of hydrogen-bond donors (Lipinski definition) is 1. The van der Waals surface area contributed by atoms with Crippen LogP contribution in [0.1, 0.15) is 58.8 Å². The third-order valence-corrected chi connectivity index (χ3v) is 4.57. The summed E-state index contributed by atoms with van der Waals surface area (Å²) in [6.45, 7) is 6.36. The first-order valence-electron chi connectivity index (χ1n) is 8.38. The van der Waals surface area contributed by atoms with E-state index in [1.54, 1.807) is 0 Å². The Kier molecular flexibility index (Phi) is 6.30. The molecular formula is C16H30N2O2. The maximum atomic E-state index is 11.9. The van der Waals surface area contributed by atoms with Crippen LogP contribution in [-0.2, 0) is 9.53 Å². The zero-order valence-corrected chi connectivity index (χ0v) is 13.1. The van der Waals surface area contributed by atoms with Gasteiger partial charge in [-0.2, -0.15) is 0 Å². The standard InChI is InChI=1S/C16H30N2O2/c1-3-5-9-20-16(19)12-18(8-4-2)15-10-13-6-7-14(11-15)17-13/h13-15,17H,3-12H2,1-2H3. The van der Waals surface area contributed by atoms with Gasteiger partial charge in [0.2, 0.25) is 0 Å². The monoisotopic (exact) mass is 282 g/mol. The van der Waals surface area contributed by atoms with Gasteiger partial charge in [-0.25, -0.2) is 0 Å². The smallest absolute Gasteiger partial charge is 0.320 e. The molecule has 2 bridgehead atoms. The van der Waals surface area contributed by atoms with Gasteiger partial charge in [-0.1, -0.05) is 20.3 Å². The Morgan fingerprint density at radius 3 is 2.50 bits per heavy atom. The summed E-state index contributed by atoms with van der Waals surface area (Å²) in [5.74, 6) is -0.0437. The van der Waals surface area contributed by atoms with Gasteiger partial charge in [0.05, 0.1) is 13.2 Å². The van der Waals surface area contributed by atoms with Gasteiger partial charge in [-0.3, -0.25) is 9.69 Å². The largest absolute Gasteiger partial charge is 0.465 e. The van der Waals surface area contributed by atoms with Crippen LogP contribution in [-0.4, -0.2) is 48.7 Å². The molecule has 20 heavy (non-hydrogen) atoms. The Labute approximate surface area is 123 Å². The lowest BCUT2D eigenvalue weighted by molar-refractivity contribution is -0.146. The zero-order chi connectivity index (χ0) is 14.4. The summed E-state index contributed by atoms with van der Waals surface area (Å²) in [6.07, 6.45) is 8.14. The second-order valence-corrected chi connectivity index (χ2v) is 6.31. The SMILES string of the molecule is CCCCOC(=O)CN(CCC)C1CC2CCC(C1)N2. The Morgan fingerprint density at radius 2 is 1.90 bits per heavy atom. The van der Waals surface area contributed by atoms with Gasteiger partial charge in [-0.05, 0) is 45.1 Å². The molecule has 4 heteroatoms. The molecule has 0 radical (unpaired) electrons. The van der Waals surface area contributed by atoms with E-state index in [2.05, 4.69) is 24.1 Å². The molecule has 116 valence electrons. The molecule has 1 N–H and O–H groups in total. The number of carbonyl (C=O) groups excluding carboxylic acids is 1. The summed E-state index contributed by atoms with van der Waals surface area (Å²) in [5, 5.41) is 3.67. The van der Waals surface area contributed by atoms with Crippen molar-refractivity contribution in [2.45, 2.75) is 76.9 Å². The summed E-state index contributed by atoms with van der Waals surface area (Å²) in [7, 11) is 0. The van der Waals surface area contributed by atoms with Crippen LogP contribution in [0.2, 0.25) is 0 Å². The van der Waals surface area contributed by atoms with Crippen LogP contribution in [0, 0.1) is 0 Å². The average Bonchev–Trinajstić information content (AvgIpc) is 2.77. The number of nitrogens with zero attached hydrogens (tertiary/aromatic N) is 1. The number of piperidine rings is 1. The molecule has 0 saturated carbocycles. The Hall–Kier alpha value is -0.610. The van der Waals surface area contributed by atoms with Crippen LogP contribution in [0.15, 0.2) is 0 Å². The van der Waals surface area contributed by atoms with Gasteiger partial charge < -0.3 is 10.1 Å². The summed E-state index contributed by atoms with van der Waals surface area (Å²) >= 11 is 0. The van der Waals surface area contributed by atoms with Gasteiger partial charge >= 0.3 is 5.97 Å². The molecular weight excluding hydrogens is 252 g/mol. The number of fused-ring (bicyclic) bond motifs is 2. The molecule has 2 fully saturated rings. The number of unbranched alkanes of at least 4 members (excludes halogenated alkanes) is 1. The van der Waals surface area contributed by atoms with Crippen LogP contribution in [0.4, 0.5) is 0 Å². The molecule has 2 aliphatic rings. The van der Waals surface area contributed by atoms with Crippen molar-refractivity contribution in [2.75, 3.05) is 19.7 Å². The van der Waals surface area contributed by atoms with Crippen LogP contribution < -0.4 is 5.32 Å². The molecule has 2 saturated heterocycles. The molecule has 2 rings (SSSR count). The lowest BCUT2D eigenvalue weighted by atomic mass is 9.98. The van der Waals surface area contributed by atoms with Gasteiger partial charge in [-0.15, -0.1) is 0 Å². The quantitative estimate of drug-likeness (QED) is 0.548. The molecule has 0 aromatic heterocycles. The number of rotatable bonds is 8. The zero-order valence-electron chi connectivity index (χ0n) is 13.1. The minimum Gasteiger partial charge on any atom is -0.465 e. The highest BCUT2D eigenvalue weighted by molar-refractivity contribution is 5.71. The number of esters is 1. The molecule has 2 atom stereocenters. The second-order valence-electron chi connectivity index (χ2n) is 6.31. The molecule has 0 aliphatic carbocycles. The van der Waals surface area contributed by atoms with Crippen LogP contribution >= 0.6 is 0 Å². The minimum absolute atomic E-state index is 0.0437. The van der Waals surface area contributed by atoms with Crippen molar-refractivity contribution in [3.8, 4) is 0 Å². The van der Waals surface area contributed by atoms with E-state index >= 15 is 0 Å². The fourth-order valence-electron chi connectivity index (χ4n) is 3.55. The number of nitrogens with one attached hydrogen (secondary N) is 1. The summed E-state index contributed by atoms with van der Waals surface area (Å²) in [4.78, 5) is 14.3. The molecule has 0 spiro atoms. The van der Waals surface area contributed by atoms with Crippen molar-refractivity contribution >= 4 is 5.97 Å². The van der Waals surface area contributed by atoms with E-state index in [4.69, 9.17) is 4.74 Å². The van der Waals surface area contributed by atoms with E-state index in [0.29, 0.717) is 31.3 Å². The fourth-order valence-corrected chi connectivity index (χ4v) is 3.55. The molecule has 4 nitrogen and oxygen atoms in total. The highest BCUT2D eigenvalue weighted by Gasteiger charge is 2.36. The fraction of sp³-hybridized carbons (Fsp3) is 0.938. The first kappa shape index (κ1) is 15.8. The van der Waals surface area contributed by atoms with Crippen molar-refractivity contribution < 1.29 is 9.53 Å². The third kappa shape index (κ3) is 4.45. The lowest BCUT2D eigenvalue weighted by Crippen LogP contribution is -2.50. The number of hydrogen-bond acceptors (Lipinski definition) is 4. The Bertz CT molecular complexity index is 297. The second kappa shape index (κ2) is 7.99. The summed E-state index contributed by atoms with van der Waals surface area (Å²) < 4.78 is 5.32. The highest BCUT2D eigenvalue weighted by Crippen LogP contribution is 2.29. The van der Waals surface area contributed by atoms with Gasteiger partial charge in [0.1, 0.15) is 0 Å². The molecule has 2 heterocycles. The van der Waals surface area contributed by atoms with Gasteiger partial charge in [0.25, 0.3) is 0 Å². The van der Waals surface area contributed by atoms with E-state index in [-0.39, 0.29) is 5.97 Å². The van der Waals surface area contributed by atoms with Crippen molar-refractivity contribution in [3.63, 3.8) is 0 Å². The first-order chi connectivity index (χ1) is 9.72. The van der Waals surface area contributed by atoms with Gasteiger partial charge in [0.15, 0.2) is 0 Å². The average molecular weight is 282 g/mol. The van der Waals surface area contributed by atoms with E-state index < -0.39 is 0 Å². The molecule has 2 aliphatic heterocycles. The topological polar surface area (TPSA) is 41.6 Å². The van der Waals surface area contributed by atoms with E-state index in [1.807, 2.05) is 0 Å². The van der Waals surface area contributed by atoms with E-state index in [0.717, 1.165) is 25.8 Å². The maximum absolute atomic E-state index is 11.9. The predicted molar refractivity (Wildman–Crippen MR) is 80.7 cm³/mol. The van der Waals surface area contributed by atoms with Crippen molar-refractivity contribution in [1.29, 1.82) is 0 Å². The summed E-state index contributed by atoms with van der Waals surface area (Å²) in [5.41, 5.74) is 0. The van der Waals surface area contributed by atoms with Crippen molar-refractivity contribution in [3.05, 3.63) is 0 Å². The molecule has 2 unspecified atom stereocenters. The molecule has 0 aromatic rings. The lowest BCUT2D eigenvalue weighted by Gasteiger charge is -2.37.